The summed E-state index contributed by atoms with van der Waals surface area (Å²) in [7, 11) is 0. The van der Waals surface area contributed by atoms with Crippen molar-refractivity contribution >= 4 is 28.4 Å². The third-order valence-corrected chi connectivity index (χ3v) is 5.24. The average Bonchev–Trinajstić information content (AvgIpc) is 3.18. The standard InChI is InChI=1S/C17H17NOS2/c1-12(19)13-6-2-3-7-14(13)18-17(15-8-4-10-20-15)16-9-5-11-21-16/h2-12,17-19H,1H3. The van der Waals surface area contributed by atoms with Crippen LogP contribution >= 0.6 is 22.7 Å². The van der Waals surface area contributed by atoms with Crippen LogP contribution in [0.25, 0.3) is 0 Å². The number of aliphatic hydroxyl groups excluding tert-OH is 1. The van der Waals surface area contributed by atoms with E-state index in [1.807, 2.05) is 24.3 Å². The zero-order chi connectivity index (χ0) is 14.7. The summed E-state index contributed by atoms with van der Waals surface area (Å²) < 4.78 is 0. The molecule has 0 amide bonds. The number of rotatable bonds is 5. The van der Waals surface area contributed by atoms with E-state index < -0.39 is 6.10 Å². The molecule has 2 aromatic heterocycles. The third kappa shape index (κ3) is 3.18. The van der Waals surface area contributed by atoms with Gasteiger partial charge in [-0.15, -0.1) is 22.7 Å². The lowest BCUT2D eigenvalue weighted by molar-refractivity contribution is 0.200. The van der Waals surface area contributed by atoms with Crippen LogP contribution < -0.4 is 5.32 Å². The van der Waals surface area contributed by atoms with Gasteiger partial charge in [-0.25, -0.2) is 0 Å². The van der Waals surface area contributed by atoms with Crippen LogP contribution in [0.2, 0.25) is 0 Å². The molecule has 1 unspecified atom stereocenters. The number of thiophene rings is 2. The maximum atomic E-state index is 9.94. The van der Waals surface area contributed by atoms with E-state index in [0.717, 1.165) is 11.3 Å². The summed E-state index contributed by atoms with van der Waals surface area (Å²) in [5.74, 6) is 0. The van der Waals surface area contributed by atoms with Gasteiger partial charge in [-0.3, -0.25) is 0 Å². The van der Waals surface area contributed by atoms with Crippen molar-refractivity contribution in [3.05, 3.63) is 74.6 Å². The predicted molar refractivity (Wildman–Crippen MR) is 91.2 cm³/mol. The van der Waals surface area contributed by atoms with Crippen LogP contribution in [-0.4, -0.2) is 5.11 Å². The topological polar surface area (TPSA) is 32.3 Å². The minimum absolute atomic E-state index is 0.130. The minimum Gasteiger partial charge on any atom is -0.389 e. The highest BCUT2D eigenvalue weighted by atomic mass is 32.1. The Hall–Kier alpha value is -1.62. The van der Waals surface area contributed by atoms with Gasteiger partial charge < -0.3 is 10.4 Å². The summed E-state index contributed by atoms with van der Waals surface area (Å²) in [6.07, 6.45) is -0.485. The molecule has 1 atom stereocenters. The first-order chi connectivity index (χ1) is 10.3. The van der Waals surface area contributed by atoms with Crippen LogP contribution in [0.5, 0.6) is 0 Å². The summed E-state index contributed by atoms with van der Waals surface area (Å²) >= 11 is 3.49. The number of benzene rings is 1. The van der Waals surface area contributed by atoms with Gasteiger partial charge in [-0.2, -0.15) is 0 Å². The van der Waals surface area contributed by atoms with E-state index in [1.165, 1.54) is 9.75 Å². The monoisotopic (exact) mass is 315 g/mol. The number of nitrogens with one attached hydrogen (secondary N) is 1. The second-order valence-electron chi connectivity index (χ2n) is 4.87. The average molecular weight is 315 g/mol. The molecule has 0 fully saturated rings. The van der Waals surface area contributed by atoms with E-state index in [0.29, 0.717) is 0 Å². The zero-order valence-corrected chi connectivity index (χ0v) is 13.3. The fourth-order valence-electron chi connectivity index (χ4n) is 2.34. The highest BCUT2D eigenvalue weighted by molar-refractivity contribution is 7.11. The summed E-state index contributed by atoms with van der Waals surface area (Å²) in [6, 6.07) is 16.5. The Balaban J connectivity index is 1.96. The number of aliphatic hydroxyl groups is 1. The molecule has 4 heteroatoms. The highest BCUT2D eigenvalue weighted by Gasteiger charge is 2.18. The SMILES string of the molecule is CC(O)c1ccccc1NC(c1cccs1)c1cccs1. The van der Waals surface area contributed by atoms with Crippen molar-refractivity contribution in [1.29, 1.82) is 0 Å². The lowest BCUT2D eigenvalue weighted by atomic mass is 10.1. The first-order valence-corrected chi connectivity index (χ1v) is 8.62. The highest BCUT2D eigenvalue weighted by Crippen LogP contribution is 2.34. The van der Waals surface area contributed by atoms with Gasteiger partial charge in [0.15, 0.2) is 0 Å². The molecule has 0 aliphatic rings. The van der Waals surface area contributed by atoms with Crippen molar-refractivity contribution in [2.24, 2.45) is 0 Å². The van der Waals surface area contributed by atoms with Crippen LogP contribution in [0.1, 0.15) is 34.4 Å². The number of hydrogen-bond acceptors (Lipinski definition) is 4. The lowest BCUT2D eigenvalue weighted by Crippen LogP contribution is -2.11. The Morgan fingerprint density at radius 2 is 1.52 bits per heavy atom. The van der Waals surface area contributed by atoms with Gasteiger partial charge in [0, 0.05) is 21.0 Å². The van der Waals surface area contributed by atoms with Gasteiger partial charge >= 0.3 is 0 Å². The Kier molecular flexibility index (Phi) is 4.39. The first kappa shape index (κ1) is 14.3. The maximum Gasteiger partial charge on any atom is 0.0953 e. The normalized spacial score (nSPS) is 12.5. The molecule has 1 aromatic carbocycles. The van der Waals surface area contributed by atoms with E-state index >= 15 is 0 Å². The van der Waals surface area contributed by atoms with Crippen molar-refractivity contribution in [3.8, 4) is 0 Å². The molecule has 0 saturated heterocycles. The molecule has 0 saturated carbocycles. The smallest absolute Gasteiger partial charge is 0.0953 e. The summed E-state index contributed by atoms with van der Waals surface area (Å²) in [6.45, 7) is 1.80. The molecule has 2 N–H and O–H groups in total. The van der Waals surface area contributed by atoms with Crippen molar-refractivity contribution in [1.82, 2.24) is 0 Å². The number of para-hydroxylation sites is 1. The van der Waals surface area contributed by atoms with Gasteiger partial charge in [-0.1, -0.05) is 30.3 Å². The Morgan fingerprint density at radius 3 is 2.05 bits per heavy atom. The van der Waals surface area contributed by atoms with Crippen molar-refractivity contribution < 1.29 is 5.11 Å². The molecule has 108 valence electrons. The maximum absolute atomic E-state index is 9.94. The van der Waals surface area contributed by atoms with Gasteiger partial charge in [0.25, 0.3) is 0 Å². The van der Waals surface area contributed by atoms with Gasteiger partial charge in [0.05, 0.1) is 12.1 Å². The Morgan fingerprint density at radius 1 is 0.905 bits per heavy atom. The van der Waals surface area contributed by atoms with E-state index in [1.54, 1.807) is 29.6 Å². The number of anilines is 1. The minimum atomic E-state index is -0.485. The molecule has 0 bridgehead atoms. The van der Waals surface area contributed by atoms with Gasteiger partial charge in [-0.05, 0) is 35.9 Å². The molecule has 0 radical (unpaired) electrons. The zero-order valence-electron chi connectivity index (χ0n) is 11.7. The molecule has 2 nitrogen and oxygen atoms in total. The summed E-state index contributed by atoms with van der Waals surface area (Å²) in [5.41, 5.74) is 1.91. The third-order valence-electron chi connectivity index (χ3n) is 3.37. The van der Waals surface area contributed by atoms with E-state index in [2.05, 4.69) is 40.3 Å². The van der Waals surface area contributed by atoms with E-state index in [4.69, 9.17) is 0 Å². The molecule has 0 aliphatic carbocycles. The van der Waals surface area contributed by atoms with Gasteiger partial charge in [0.1, 0.15) is 0 Å². The number of hydrogen-bond donors (Lipinski definition) is 2. The summed E-state index contributed by atoms with van der Waals surface area (Å²) in [4.78, 5) is 2.55. The van der Waals surface area contributed by atoms with Crippen molar-refractivity contribution in [2.75, 3.05) is 5.32 Å². The Labute approximate surface area is 132 Å². The van der Waals surface area contributed by atoms with Crippen molar-refractivity contribution in [2.45, 2.75) is 19.1 Å². The second kappa shape index (κ2) is 6.43. The summed E-state index contributed by atoms with van der Waals surface area (Å²) in [5, 5.41) is 17.7. The molecule has 0 spiro atoms. The molecule has 21 heavy (non-hydrogen) atoms. The van der Waals surface area contributed by atoms with E-state index in [-0.39, 0.29) is 6.04 Å². The molecular weight excluding hydrogens is 298 g/mol. The first-order valence-electron chi connectivity index (χ1n) is 6.86. The van der Waals surface area contributed by atoms with Crippen LogP contribution in [0.15, 0.2) is 59.3 Å². The molecule has 3 aromatic rings. The van der Waals surface area contributed by atoms with Crippen LogP contribution in [-0.2, 0) is 0 Å². The molecule has 3 rings (SSSR count). The van der Waals surface area contributed by atoms with E-state index in [9.17, 15) is 5.11 Å². The largest absolute Gasteiger partial charge is 0.389 e. The van der Waals surface area contributed by atoms with Crippen LogP contribution in [0.4, 0.5) is 5.69 Å². The van der Waals surface area contributed by atoms with Crippen LogP contribution in [0.3, 0.4) is 0 Å². The van der Waals surface area contributed by atoms with Gasteiger partial charge in [0.2, 0.25) is 0 Å². The van der Waals surface area contributed by atoms with Crippen molar-refractivity contribution in [3.63, 3.8) is 0 Å². The quantitative estimate of drug-likeness (QED) is 0.689. The molecular formula is C17H17NOS2. The molecule has 2 heterocycles. The van der Waals surface area contributed by atoms with Crippen LogP contribution in [0, 0.1) is 0 Å². The second-order valence-corrected chi connectivity index (χ2v) is 6.83. The molecule has 0 aliphatic heterocycles. The fourth-order valence-corrected chi connectivity index (χ4v) is 4.00. The lowest BCUT2D eigenvalue weighted by Gasteiger charge is -2.21. The fraction of sp³-hybridized carbons (Fsp3) is 0.176. The Bertz CT molecular complexity index is 640. The predicted octanol–water partition coefficient (Wildman–Crippen LogP) is 5.06.